The summed E-state index contributed by atoms with van der Waals surface area (Å²) in [6.45, 7) is 3.18. The van der Waals surface area contributed by atoms with Gasteiger partial charge in [0.15, 0.2) is 17.4 Å². The second-order valence-corrected chi connectivity index (χ2v) is 7.42. The first kappa shape index (κ1) is 20.3. The number of halogens is 4. The fourth-order valence-corrected chi connectivity index (χ4v) is 3.38. The molecule has 146 valence electrons. The summed E-state index contributed by atoms with van der Waals surface area (Å²) in [7, 11) is 0. The van der Waals surface area contributed by atoms with E-state index in [0.717, 1.165) is 11.0 Å². The van der Waals surface area contributed by atoms with Crippen molar-refractivity contribution in [2.24, 2.45) is 5.92 Å². The van der Waals surface area contributed by atoms with Crippen molar-refractivity contribution in [3.8, 4) is 0 Å². The van der Waals surface area contributed by atoms with E-state index in [4.69, 9.17) is 23.2 Å². The van der Waals surface area contributed by atoms with Gasteiger partial charge in [0.05, 0.1) is 27.3 Å². The highest BCUT2D eigenvalue weighted by Gasteiger charge is 2.45. The summed E-state index contributed by atoms with van der Waals surface area (Å²) in [5, 5.41) is 10.0. The zero-order valence-corrected chi connectivity index (χ0v) is 16.4. The molecule has 3 rings (SSSR count). The third-order valence-electron chi connectivity index (χ3n) is 4.45. The van der Waals surface area contributed by atoms with Crippen molar-refractivity contribution in [3.05, 3.63) is 75.0 Å². The first-order valence-corrected chi connectivity index (χ1v) is 9.10. The van der Waals surface area contributed by atoms with E-state index in [9.17, 15) is 23.5 Å². The largest absolute Gasteiger partial charge is 0.503 e. The van der Waals surface area contributed by atoms with Crippen molar-refractivity contribution in [1.29, 1.82) is 0 Å². The molecular formula is C20H15Cl2F2NO3. The number of aliphatic hydroxyl groups is 1. The molecule has 0 spiro atoms. The van der Waals surface area contributed by atoms with Crippen LogP contribution < -0.4 is 4.90 Å². The van der Waals surface area contributed by atoms with E-state index in [1.807, 2.05) is 0 Å². The molecule has 4 nitrogen and oxygen atoms in total. The molecule has 1 heterocycles. The lowest BCUT2D eigenvalue weighted by Crippen LogP contribution is -2.32. The number of carbonyl (C=O) groups is 2. The summed E-state index contributed by atoms with van der Waals surface area (Å²) >= 11 is 11.6. The zero-order valence-electron chi connectivity index (χ0n) is 14.8. The highest BCUT2D eigenvalue weighted by molar-refractivity contribution is 6.31. The van der Waals surface area contributed by atoms with Crippen LogP contribution >= 0.6 is 23.2 Å². The Labute approximate surface area is 170 Å². The number of hydrogen-bond acceptors (Lipinski definition) is 3. The summed E-state index contributed by atoms with van der Waals surface area (Å²) < 4.78 is 28.8. The van der Waals surface area contributed by atoms with Gasteiger partial charge in [0, 0.05) is 5.92 Å². The summed E-state index contributed by atoms with van der Waals surface area (Å²) in [5.41, 5.74) is -0.320. The molecule has 0 fully saturated rings. The monoisotopic (exact) mass is 425 g/mol. The summed E-state index contributed by atoms with van der Waals surface area (Å²) in [4.78, 5) is 26.4. The minimum Gasteiger partial charge on any atom is -0.503 e. The van der Waals surface area contributed by atoms with Crippen molar-refractivity contribution in [2.45, 2.75) is 19.9 Å². The van der Waals surface area contributed by atoms with E-state index in [-0.39, 0.29) is 26.9 Å². The van der Waals surface area contributed by atoms with Gasteiger partial charge >= 0.3 is 0 Å². The first-order chi connectivity index (χ1) is 13.1. The number of aliphatic hydroxyl groups excluding tert-OH is 1. The number of benzene rings is 2. The predicted molar refractivity (Wildman–Crippen MR) is 103 cm³/mol. The van der Waals surface area contributed by atoms with Crippen molar-refractivity contribution in [3.63, 3.8) is 0 Å². The number of rotatable bonds is 4. The average Bonchev–Trinajstić information content (AvgIpc) is 2.90. The molecule has 1 atom stereocenters. The van der Waals surface area contributed by atoms with Crippen LogP contribution in [0, 0.1) is 17.6 Å². The van der Waals surface area contributed by atoms with Crippen LogP contribution in [-0.2, 0) is 9.59 Å². The Morgan fingerprint density at radius 3 is 2.43 bits per heavy atom. The van der Waals surface area contributed by atoms with Crippen LogP contribution in [0.4, 0.5) is 14.5 Å². The van der Waals surface area contributed by atoms with Gasteiger partial charge in [0.25, 0.3) is 5.91 Å². The van der Waals surface area contributed by atoms with Crippen LogP contribution in [0.15, 0.2) is 47.7 Å². The number of hydrogen-bond donors (Lipinski definition) is 1. The summed E-state index contributed by atoms with van der Waals surface area (Å²) in [6.07, 6.45) is 0. The van der Waals surface area contributed by atoms with E-state index in [0.29, 0.717) is 0 Å². The Morgan fingerprint density at radius 1 is 1.14 bits per heavy atom. The molecule has 0 saturated carbocycles. The first-order valence-electron chi connectivity index (χ1n) is 8.35. The van der Waals surface area contributed by atoms with Gasteiger partial charge in [-0.25, -0.2) is 8.78 Å². The molecule has 1 aliphatic rings. The molecule has 8 heteroatoms. The Hall–Kier alpha value is -2.44. The number of carbonyl (C=O) groups excluding carboxylic acids is 2. The summed E-state index contributed by atoms with van der Waals surface area (Å²) in [5.74, 6) is -4.54. The smallest absolute Gasteiger partial charge is 0.294 e. The number of anilines is 1. The lowest BCUT2D eigenvalue weighted by Gasteiger charge is -2.28. The lowest BCUT2D eigenvalue weighted by atomic mass is 9.91. The molecule has 2 aromatic carbocycles. The number of Topliss-reactive ketones (excluding diaryl/α,β-unsaturated/α-hetero) is 1. The van der Waals surface area contributed by atoms with Gasteiger partial charge < -0.3 is 5.11 Å². The van der Waals surface area contributed by atoms with E-state index in [2.05, 4.69) is 0 Å². The highest BCUT2D eigenvalue weighted by atomic mass is 35.5. The van der Waals surface area contributed by atoms with Crippen LogP contribution in [0.5, 0.6) is 0 Å². The Balaban J connectivity index is 2.27. The molecule has 0 aromatic heterocycles. The molecule has 0 saturated heterocycles. The van der Waals surface area contributed by atoms with E-state index in [1.54, 1.807) is 13.8 Å². The minimum absolute atomic E-state index is 0.154. The fourth-order valence-electron chi connectivity index (χ4n) is 3.09. The third-order valence-corrected chi connectivity index (χ3v) is 5.05. The molecule has 0 radical (unpaired) electrons. The maximum Gasteiger partial charge on any atom is 0.294 e. The van der Waals surface area contributed by atoms with Gasteiger partial charge in [-0.2, -0.15) is 0 Å². The quantitative estimate of drug-likeness (QED) is 0.713. The molecule has 1 aliphatic heterocycles. The molecular weight excluding hydrogens is 411 g/mol. The van der Waals surface area contributed by atoms with Crippen LogP contribution in [0.3, 0.4) is 0 Å². The summed E-state index contributed by atoms with van der Waals surface area (Å²) in [6, 6.07) is 6.48. The molecule has 0 aliphatic carbocycles. The maximum atomic E-state index is 14.7. The zero-order chi connectivity index (χ0) is 20.7. The highest BCUT2D eigenvalue weighted by Crippen LogP contribution is 2.43. The normalized spacial score (nSPS) is 17.0. The van der Waals surface area contributed by atoms with Gasteiger partial charge in [-0.1, -0.05) is 49.2 Å². The Kier molecular flexibility index (Phi) is 5.46. The number of nitrogens with zero attached hydrogens (tertiary/aromatic N) is 1. The van der Waals surface area contributed by atoms with Gasteiger partial charge in [-0.05, 0) is 29.8 Å². The van der Waals surface area contributed by atoms with E-state index in [1.165, 1.54) is 30.3 Å². The predicted octanol–water partition coefficient (Wildman–Crippen LogP) is 5.40. The van der Waals surface area contributed by atoms with Crippen molar-refractivity contribution in [1.82, 2.24) is 0 Å². The van der Waals surface area contributed by atoms with Gasteiger partial charge in [-0.15, -0.1) is 0 Å². The van der Waals surface area contributed by atoms with E-state index >= 15 is 0 Å². The van der Waals surface area contributed by atoms with Crippen LogP contribution in [0.25, 0.3) is 0 Å². The van der Waals surface area contributed by atoms with Crippen LogP contribution in [0.2, 0.25) is 10.0 Å². The second-order valence-electron chi connectivity index (χ2n) is 6.61. The average molecular weight is 426 g/mol. The molecule has 1 amide bonds. The van der Waals surface area contributed by atoms with E-state index < -0.39 is 41.0 Å². The lowest BCUT2D eigenvalue weighted by molar-refractivity contribution is -0.119. The molecule has 1 unspecified atom stereocenters. The fraction of sp³-hybridized carbons (Fsp3) is 0.200. The minimum atomic E-state index is -1.23. The van der Waals surface area contributed by atoms with Gasteiger partial charge in [-0.3, -0.25) is 14.5 Å². The Bertz CT molecular complexity index is 1020. The molecule has 1 N–H and O–H groups in total. The maximum absolute atomic E-state index is 14.7. The molecule has 28 heavy (non-hydrogen) atoms. The third kappa shape index (κ3) is 3.27. The van der Waals surface area contributed by atoms with Crippen molar-refractivity contribution < 1.29 is 23.5 Å². The van der Waals surface area contributed by atoms with Crippen LogP contribution in [0.1, 0.15) is 25.5 Å². The molecule has 0 bridgehead atoms. The number of ketones is 1. The standard InChI is InChI=1S/C20H15Cl2F2NO3/c1-9(2)18(26)15-17(10-6-7-11(21)13(23)8-10)25(20(28)19(15)27)14-5-3-4-12(22)16(14)24/h3-9,17,27H,1-2H3. The van der Waals surface area contributed by atoms with Crippen molar-refractivity contribution in [2.75, 3.05) is 4.90 Å². The van der Waals surface area contributed by atoms with Gasteiger partial charge in [0.1, 0.15) is 5.82 Å². The van der Waals surface area contributed by atoms with Crippen molar-refractivity contribution >= 4 is 40.6 Å². The molecule has 2 aromatic rings. The SMILES string of the molecule is CC(C)C(=O)C1=C(O)C(=O)N(c2cccc(Cl)c2F)C1c1ccc(Cl)c(F)c1. The van der Waals surface area contributed by atoms with Gasteiger partial charge in [0.2, 0.25) is 0 Å². The second kappa shape index (κ2) is 7.53. The topological polar surface area (TPSA) is 57.6 Å². The van der Waals surface area contributed by atoms with Crippen LogP contribution in [-0.4, -0.2) is 16.8 Å². The Morgan fingerprint density at radius 2 is 1.82 bits per heavy atom. The number of amides is 1.